The van der Waals surface area contributed by atoms with Crippen molar-refractivity contribution in [1.29, 1.82) is 0 Å². The average molecular weight is 425 g/mol. The number of nitrogens with one attached hydrogen (secondary N) is 1. The minimum Gasteiger partial charge on any atom is -0.493 e. The van der Waals surface area contributed by atoms with Crippen LogP contribution in [0.25, 0.3) is 0 Å². The number of anilines is 1. The first-order valence-electron chi connectivity index (χ1n) is 9.46. The van der Waals surface area contributed by atoms with Crippen molar-refractivity contribution in [2.45, 2.75) is 12.8 Å². The van der Waals surface area contributed by atoms with Crippen molar-refractivity contribution in [2.75, 3.05) is 60.4 Å². The maximum Gasteiger partial charge on any atom is 0.162 e. The highest BCUT2D eigenvalue weighted by atomic mass is 35.5. The highest BCUT2D eigenvalue weighted by molar-refractivity contribution is 5.85. The molecule has 0 aliphatic rings. The van der Waals surface area contributed by atoms with Gasteiger partial charge in [-0.3, -0.25) is 0 Å². The molecule has 2 aromatic carbocycles. The predicted octanol–water partition coefficient (Wildman–Crippen LogP) is 4.12. The fourth-order valence-electron chi connectivity index (χ4n) is 3.00. The molecule has 6 nitrogen and oxygen atoms in total. The molecule has 0 fully saturated rings. The number of hydrogen-bond acceptors (Lipinski definition) is 6. The molecule has 0 amide bonds. The molecule has 0 radical (unpaired) electrons. The van der Waals surface area contributed by atoms with Gasteiger partial charge in [-0.1, -0.05) is 6.07 Å². The van der Waals surface area contributed by atoms with Gasteiger partial charge in [-0.05, 0) is 56.3 Å². The van der Waals surface area contributed by atoms with E-state index in [1.54, 1.807) is 28.4 Å². The molecular weight excluding hydrogens is 392 g/mol. The van der Waals surface area contributed by atoms with Crippen LogP contribution < -0.4 is 24.3 Å². The molecular formula is C22H33ClN2O4. The molecule has 0 atom stereocenters. The van der Waals surface area contributed by atoms with Crippen molar-refractivity contribution < 1.29 is 18.9 Å². The summed E-state index contributed by atoms with van der Waals surface area (Å²) in [6, 6.07) is 12.0. The van der Waals surface area contributed by atoms with Crippen LogP contribution in [0, 0.1) is 0 Å². The van der Waals surface area contributed by atoms with E-state index < -0.39 is 0 Å². The van der Waals surface area contributed by atoms with Crippen molar-refractivity contribution in [3.63, 3.8) is 0 Å². The Morgan fingerprint density at radius 1 is 0.759 bits per heavy atom. The van der Waals surface area contributed by atoms with Gasteiger partial charge in [0.2, 0.25) is 0 Å². The van der Waals surface area contributed by atoms with Gasteiger partial charge < -0.3 is 29.2 Å². The molecule has 0 bridgehead atoms. The number of ether oxygens (including phenoxy) is 4. The summed E-state index contributed by atoms with van der Waals surface area (Å²) in [7, 11) is 8.76. The van der Waals surface area contributed by atoms with Crippen LogP contribution >= 0.6 is 12.4 Å². The fourth-order valence-corrected chi connectivity index (χ4v) is 3.00. The van der Waals surface area contributed by atoms with Crippen LogP contribution in [-0.4, -0.2) is 60.0 Å². The molecule has 0 unspecified atom stereocenters. The Morgan fingerprint density at radius 3 is 1.97 bits per heavy atom. The standard InChI is InChI=1S/C22H32N2O4.ClH/c1-24(14-11-17-7-9-19(25-2)21(15-17)27-4)13-6-12-23-18-8-10-20(26-3)22(16-18)28-5;/h7-10,15-16,23H,6,11-14H2,1-5H3;1H. The zero-order valence-electron chi connectivity index (χ0n) is 18.0. The van der Waals surface area contributed by atoms with Gasteiger partial charge in [-0.25, -0.2) is 0 Å². The van der Waals surface area contributed by atoms with Crippen LogP contribution in [0.2, 0.25) is 0 Å². The number of rotatable bonds is 12. The highest BCUT2D eigenvalue weighted by Gasteiger charge is 2.07. The monoisotopic (exact) mass is 424 g/mol. The van der Waals surface area contributed by atoms with E-state index in [1.807, 2.05) is 30.3 Å². The van der Waals surface area contributed by atoms with E-state index in [9.17, 15) is 0 Å². The summed E-state index contributed by atoms with van der Waals surface area (Å²) in [4.78, 5) is 2.34. The predicted molar refractivity (Wildman–Crippen MR) is 121 cm³/mol. The molecule has 0 aliphatic carbocycles. The van der Waals surface area contributed by atoms with Crippen molar-refractivity contribution in [3.05, 3.63) is 42.0 Å². The minimum atomic E-state index is 0. The van der Waals surface area contributed by atoms with Crippen LogP contribution in [0.5, 0.6) is 23.0 Å². The van der Waals surface area contributed by atoms with Gasteiger partial charge in [0.05, 0.1) is 28.4 Å². The summed E-state index contributed by atoms with van der Waals surface area (Å²) in [5.74, 6) is 3.02. The van der Waals surface area contributed by atoms with Gasteiger partial charge in [-0.2, -0.15) is 0 Å². The van der Waals surface area contributed by atoms with Crippen molar-refractivity contribution in [3.8, 4) is 23.0 Å². The Labute approximate surface area is 180 Å². The Kier molecular flexibility index (Phi) is 11.1. The molecule has 0 saturated heterocycles. The largest absolute Gasteiger partial charge is 0.493 e. The second-order valence-corrected chi connectivity index (χ2v) is 6.59. The molecule has 7 heteroatoms. The first-order chi connectivity index (χ1) is 13.6. The quantitative estimate of drug-likeness (QED) is 0.517. The van der Waals surface area contributed by atoms with Crippen LogP contribution in [0.15, 0.2) is 36.4 Å². The normalized spacial score (nSPS) is 10.3. The Balaban J connectivity index is 0.00000420. The van der Waals surface area contributed by atoms with Crippen LogP contribution in [-0.2, 0) is 6.42 Å². The first kappa shape index (κ1) is 24.7. The molecule has 29 heavy (non-hydrogen) atoms. The molecule has 2 aromatic rings. The molecule has 0 spiro atoms. The molecule has 0 aromatic heterocycles. The van der Waals surface area contributed by atoms with Crippen molar-refractivity contribution in [2.24, 2.45) is 0 Å². The van der Waals surface area contributed by atoms with Crippen LogP contribution in [0.4, 0.5) is 5.69 Å². The van der Waals surface area contributed by atoms with E-state index in [0.717, 1.165) is 61.2 Å². The van der Waals surface area contributed by atoms with Gasteiger partial charge in [0, 0.05) is 24.8 Å². The molecule has 0 saturated carbocycles. The zero-order chi connectivity index (χ0) is 20.4. The third kappa shape index (κ3) is 7.55. The summed E-state index contributed by atoms with van der Waals surface area (Å²) in [5, 5.41) is 3.43. The molecule has 0 heterocycles. The SMILES string of the molecule is COc1ccc(CCN(C)CCCNc2ccc(OC)c(OC)c2)cc1OC.Cl. The number of benzene rings is 2. The van der Waals surface area contributed by atoms with Gasteiger partial charge in [0.1, 0.15) is 0 Å². The zero-order valence-corrected chi connectivity index (χ0v) is 18.8. The Morgan fingerprint density at radius 2 is 1.34 bits per heavy atom. The summed E-state index contributed by atoms with van der Waals surface area (Å²) in [6.45, 7) is 2.91. The Hall–Kier alpha value is -2.31. The lowest BCUT2D eigenvalue weighted by Gasteiger charge is -2.18. The average Bonchev–Trinajstić information content (AvgIpc) is 2.74. The molecule has 1 N–H and O–H groups in total. The third-order valence-corrected chi connectivity index (χ3v) is 4.66. The number of nitrogens with zero attached hydrogens (tertiary/aromatic N) is 1. The van der Waals surface area contributed by atoms with E-state index in [-0.39, 0.29) is 12.4 Å². The summed E-state index contributed by atoms with van der Waals surface area (Å²) in [5.41, 5.74) is 2.28. The number of likely N-dealkylation sites (N-methyl/N-ethyl adjacent to an activating group) is 1. The van der Waals surface area contributed by atoms with E-state index in [2.05, 4.69) is 23.3 Å². The lowest BCUT2D eigenvalue weighted by molar-refractivity contribution is 0.335. The fraction of sp³-hybridized carbons (Fsp3) is 0.455. The number of methoxy groups -OCH3 is 4. The van der Waals surface area contributed by atoms with Crippen LogP contribution in [0.1, 0.15) is 12.0 Å². The summed E-state index contributed by atoms with van der Waals surface area (Å²) < 4.78 is 21.3. The lowest BCUT2D eigenvalue weighted by Crippen LogP contribution is -2.24. The lowest BCUT2D eigenvalue weighted by atomic mass is 10.1. The van der Waals surface area contributed by atoms with E-state index >= 15 is 0 Å². The van der Waals surface area contributed by atoms with Gasteiger partial charge in [0.15, 0.2) is 23.0 Å². The number of hydrogen-bond donors (Lipinski definition) is 1. The van der Waals surface area contributed by atoms with Gasteiger partial charge in [-0.15, -0.1) is 12.4 Å². The van der Waals surface area contributed by atoms with Crippen molar-refractivity contribution in [1.82, 2.24) is 4.90 Å². The van der Waals surface area contributed by atoms with E-state index in [0.29, 0.717) is 0 Å². The summed E-state index contributed by atoms with van der Waals surface area (Å²) >= 11 is 0. The van der Waals surface area contributed by atoms with E-state index in [4.69, 9.17) is 18.9 Å². The summed E-state index contributed by atoms with van der Waals surface area (Å²) in [6.07, 6.45) is 2.02. The topological polar surface area (TPSA) is 52.2 Å². The maximum atomic E-state index is 5.37. The second kappa shape index (κ2) is 13.0. The molecule has 2 rings (SSSR count). The maximum absolute atomic E-state index is 5.37. The van der Waals surface area contributed by atoms with Gasteiger partial charge >= 0.3 is 0 Å². The van der Waals surface area contributed by atoms with Crippen molar-refractivity contribution >= 4 is 18.1 Å². The molecule has 0 aliphatic heterocycles. The second-order valence-electron chi connectivity index (χ2n) is 6.59. The molecule has 162 valence electrons. The first-order valence-corrected chi connectivity index (χ1v) is 9.46. The smallest absolute Gasteiger partial charge is 0.162 e. The minimum absolute atomic E-state index is 0. The Bertz CT molecular complexity index is 743. The van der Waals surface area contributed by atoms with Gasteiger partial charge in [0.25, 0.3) is 0 Å². The van der Waals surface area contributed by atoms with E-state index in [1.165, 1.54) is 5.56 Å². The van der Waals surface area contributed by atoms with Crippen LogP contribution in [0.3, 0.4) is 0 Å². The highest BCUT2D eigenvalue weighted by Crippen LogP contribution is 2.30. The number of halogens is 1. The third-order valence-electron chi connectivity index (χ3n) is 4.66.